The second-order valence-corrected chi connectivity index (χ2v) is 6.25. The maximum atomic E-state index is 10.6. The van der Waals surface area contributed by atoms with E-state index < -0.39 is 12.1 Å². The summed E-state index contributed by atoms with van der Waals surface area (Å²) in [6.07, 6.45) is 2.77. The Labute approximate surface area is 146 Å². The zero-order chi connectivity index (χ0) is 17.1. The van der Waals surface area contributed by atoms with Gasteiger partial charge >= 0.3 is 0 Å². The van der Waals surface area contributed by atoms with Crippen molar-refractivity contribution in [3.05, 3.63) is 88.7 Å². The third-order valence-electron chi connectivity index (χ3n) is 4.15. The van der Waals surface area contributed by atoms with Crippen LogP contribution in [0, 0.1) is 6.92 Å². The molecule has 0 fully saturated rings. The van der Waals surface area contributed by atoms with Gasteiger partial charge in [0, 0.05) is 17.4 Å². The van der Waals surface area contributed by atoms with E-state index in [0.29, 0.717) is 5.02 Å². The second-order valence-electron chi connectivity index (χ2n) is 5.84. The van der Waals surface area contributed by atoms with Gasteiger partial charge < -0.3 is 10.8 Å². The molecule has 0 amide bonds. The van der Waals surface area contributed by atoms with Crippen molar-refractivity contribution in [2.24, 2.45) is 5.73 Å². The first kappa shape index (κ1) is 16.7. The predicted molar refractivity (Wildman–Crippen MR) is 97.8 cm³/mol. The zero-order valence-electron chi connectivity index (χ0n) is 13.4. The van der Waals surface area contributed by atoms with Crippen LogP contribution in [0.25, 0.3) is 11.1 Å². The van der Waals surface area contributed by atoms with Gasteiger partial charge in [0.2, 0.25) is 0 Å². The van der Waals surface area contributed by atoms with Gasteiger partial charge in [0.05, 0.1) is 12.1 Å². The van der Waals surface area contributed by atoms with Crippen LogP contribution in [0.15, 0.2) is 67.0 Å². The number of aryl methyl sites for hydroxylation is 1. The summed E-state index contributed by atoms with van der Waals surface area (Å²) in [5.74, 6) is 0. The number of benzene rings is 2. The number of aromatic nitrogens is 1. The quantitative estimate of drug-likeness (QED) is 0.739. The summed E-state index contributed by atoms with van der Waals surface area (Å²) in [4.78, 5) is 4.12. The van der Waals surface area contributed by atoms with Crippen molar-refractivity contribution in [2.75, 3.05) is 0 Å². The van der Waals surface area contributed by atoms with Gasteiger partial charge in [0.1, 0.15) is 0 Å². The number of hydrogen-bond donors (Lipinski definition) is 2. The van der Waals surface area contributed by atoms with E-state index in [-0.39, 0.29) is 0 Å². The van der Waals surface area contributed by atoms with Crippen molar-refractivity contribution in [2.45, 2.75) is 19.1 Å². The normalized spacial score (nSPS) is 13.5. The van der Waals surface area contributed by atoms with Crippen molar-refractivity contribution in [3.63, 3.8) is 0 Å². The molecule has 2 unspecified atom stereocenters. The van der Waals surface area contributed by atoms with Crippen LogP contribution in [0.1, 0.15) is 28.8 Å². The van der Waals surface area contributed by atoms with E-state index in [1.54, 1.807) is 6.20 Å². The van der Waals surface area contributed by atoms with Gasteiger partial charge in [-0.3, -0.25) is 4.98 Å². The molecule has 0 aliphatic heterocycles. The van der Waals surface area contributed by atoms with Crippen LogP contribution in [-0.2, 0) is 0 Å². The molecule has 0 radical (unpaired) electrons. The lowest BCUT2D eigenvalue weighted by atomic mass is 9.94. The summed E-state index contributed by atoms with van der Waals surface area (Å²) in [7, 11) is 0. The van der Waals surface area contributed by atoms with Crippen LogP contribution in [0.4, 0.5) is 0 Å². The number of aliphatic hydroxyl groups is 1. The highest BCUT2D eigenvalue weighted by atomic mass is 35.5. The number of aliphatic hydroxyl groups excluding tert-OH is 1. The molecular weight excluding hydrogens is 320 g/mol. The lowest BCUT2D eigenvalue weighted by Crippen LogP contribution is -2.19. The molecule has 3 rings (SSSR count). The summed E-state index contributed by atoms with van der Waals surface area (Å²) in [6.45, 7) is 1.92. The average Bonchev–Trinajstić information content (AvgIpc) is 2.63. The van der Waals surface area contributed by atoms with E-state index in [1.807, 2.05) is 67.7 Å². The Bertz CT molecular complexity index is 819. The molecule has 3 N–H and O–H groups in total. The van der Waals surface area contributed by atoms with Crippen LogP contribution >= 0.6 is 11.6 Å². The number of nitrogens with two attached hydrogens (primary N) is 1. The minimum Gasteiger partial charge on any atom is -0.386 e. The molecule has 3 nitrogen and oxygen atoms in total. The van der Waals surface area contributed by atoms with Crippen molar-refractivity contribution >= 4 is 11.6 Å². The fraction of sp³-hybridized carbons (Fsp3) is 0.150. The van der Waals surface area contributed by atoms with Crippen LogP contribution in [0.3, 0.4) is 0 Å². The first-order valence-corrected chi connectivity index (χ1v) is 8.14. The molecule has 24 heavy (non-hydrogen) atoms. The summed E-state index contributed by atoms with van der Waals surface area (Å²) in [5.41, 5.74) is 10.9. The highest BCUT2D eigenvalue weighted by molar-refractivity contribution is 6.31. The predicted octanol–water partition coefficient (Wildman–Crippen LogP) is 4.44. The van der Waals surface area contributed by atoms with Gasteiger partial charge in [-0.15, -0.1) is 0 Å². The lowest BCUT2D eigenvalue weighted by molar-refractivity contribution is 0.147. The Morgan fingerprint density at radius 1 is 1.00 bits per heavy atom. The van der Waals surface area contributed by atoms with Crippen LogP contribution in [-0.4, -0.2) is 10.1 Å². The van der Waals surface area contributed by atoms with Gasteiger partial charge in [0.15, 0.2) is 0 Å². The van der Waals surface area contributed by atoms with Gasteiger partial charge in [-0.1, -0.05) is 54.1 Å². The molecule has 0 spiro atoms. The molecule has 0 saturated heterocycles. The largest absolute Gasteiger partial charge is 0.386 e. The molecule has 0 aliphatic rings. The van der Waals surface area contributed by atoms with Crippen molar-refractivity contribution in [3.8, 4) is 11.1 Å². The highest BCUT2D eigenvalue weighted by Gasteiger charge is 2.19. The van der Waals surface area contributed by atoms with Crippen LogP contribution < -0.4 is 5.73 Å². The SMILES string of the molecule is Cc1cc(C(N)C(O)c2ccc(-c3cccnc3)cc2)ccc1Cl. The fourth-order valence-corrected chi connectivity index (χ4v) is 2.79. The Kier molecular flexibility index (Phi) is 4.95. The highest BCUT2D eigenvalue weighted by Crippen LogP contribution is 2.30. The molecule has 0 aliphatic carbocycles. The van der Waals surface area contributed by atoms with Crippen LogP contribution in [0.2, 0.25) is 5.02 Å². The van der Waals surface area contributed by atoms with Gasteiger partial charge in [-0.2, -0.15) is 0 Å². The number of halogens is 1. The summed E-state index contributed by atoms with van der Waals surface area (Å²) in [5, 5.41) is 11.3. The molecular formula is C20H19ClN2O. The molecule has 3 aromatic rings. The first-order chi connectivity index (χ1) is 11.6. The smallest absolute Gasteiger partial charge is 0.0982 e. The maximum Gasteiger partial charge on any atom is 0.0982 e. The molecule has 1 aromatic heterocycles. The molecule has 1 heterocycles. The molecule has 0 bridgehead atoms. The first-order valence-electron chi connectivity index (χ1n) is 7.76. The molecule has 2 atom stereocenters. The van der Waals surface area contributed by atoms with Crippen LogP contribution in [0.5, 0.6) is 0 Å². The zero-order valence-corrected chi connectivity index (χ0v) is 14.1. The minimum absolute atomic E-state index is 0.509. The topological polar surface area (TPSA) is 59.1 Å². The number of rotatable bonds is 4. The Balaban J connectivity index is 1.81. The summed E-state index contributed by atoms with van der Waals surface area (Å²) in [6, 6.07) is 16.7. The molecule has 0 saturated carbocycles. The fourth-order valence-electron chi connectivity index (χ4n) is 2.67. The standard InChI is InChI=1S/C20H19ClN2O/c1-13-11-16(8-9-18(13)21)19(22)20(24)15-6-4-14(5-7-15)17-3-2-10-23-12-17/h2-12,19-20,24H,22H2,1H3. The monoisotopic (exact) mass is 338 g/mol. The van der Waals surface area contributed by atoms with Gasteiger partial charge in [0.25, 0.3) is 0 Å². The van der Waals surface area contributed by atoms with Crippen molar-refractivity contribution < 1.29 is 5.11 Å². The Hall–Kier alpha value is -2.20. The minimum atomic E-state index is -0.784. The summed E-state index contributed by atoms with van der Waals surface area (Å²) >= 11 is 6.05. The van der Waals surface area contributed by atoms with E-state index in [2.05, 4.69) is 4.98 Å². The summed E-state index contributed by atoms with van der Waals surface area (Å²) < 4.78 is 0. The van der Waals surface area contributed by atoms with Crippen molar-refractivity contribution in [1.82, 2.24) is 4.98 Å². The average molecular weight is 339 g/mol. The Morgan fingerprint density at radius 3 is 2.33 bits per heavy atom. The second kappa shape index (κ2) is 7.14. The lowest BCUT2D eigenvalue weighted by Gasteiger charge is -2.20. The van der Waals surface area contributed by atoms with E-state index in [4.69, 9.17) is 17.3 Å². The van der Waals surface area contributed by atoms with Gasteiger partial charge in [-0.05, 0) is 46.9 Å². The van der Waals surface area contributed by atoms with Crippen molar-refractivity contribution in [1.29, 1.82) is 0 Å². The molecule has 2 aromatic carbocycles. The third-order valence-corrected chi connectivity index (χ3v) is 4.58. The Morgan fingerprint density at radius 2 is 1.71 bits per heavy atom. The number of hydrogen-bond acceptors (Lipinski definition) is 3. The van der Waals surface area contributed by atoms with E-state index >= 15 is 0 Å². The molecule has 4 heteroatoms. The van der Waals surface area contributed by atoms with Gasteiger partial charge in [-0.25, -0.2) is 0 Å². The van der Waals surface area contributed by atoms with E-state index in [1.165, 1.54) is 0 Å². The van der Waals surface area contributed by atoms with E-state index in [0.717, 1.165) is 27.8 Å². The maximum absolute atomic E-state index is 10.6. The van der Waals surface area contributed by atoms with E-state index in [9.17, 15) is 5.11 Å². The number of pyridine rings is 1. The number of nitrogens with zero attached hydrogens (tertiary/aromatic N) is 1. The molecule has 122 valence electrons. The third kappa shape index (κ3) is 3.49.